The number of aryl methyl sites for hydroxylation is 1. The van der Waals surface area contributed by atoms with E-state index >= 15 is 0 Å². The van der Waals surface area contributed by atoms with Crippen molar-refractivity contribution in [3.8, 4) is 11.6 Å². The van der Waals surface area contributed by atoms with Crippen LogP contribution in [0.1, 0.15) is 5.69 Å². The molecule has 2 N–H and O–H groups in total. The first-order chi connectivity index (χ1) is 7.65. The summed E-state index contributed by atoms with van der Waals surface area (Å²) in [5.74, 6) is 1.14. The summed E-state index contributed by atoms with van der Waals surface area (Å²) in [5.41, 5.74) is 7.07. The third-order valence-corrected chi connectivity index (χ3v) is 2.44. The van der Waals surface area contributed by atoms with E-state index in [0.717, 1.165) is 10.2 Å². The van der Waals surface area contributed by atoms with Crippen molar-refractivity contribution in [2.45, 2.75) is 6.92 Å². The van der Waals surface area contributed by atoms with Gasteiger partial charge in [0, 0.05) is 16.7 Å². The van der Waals surface area contributed by atoms with E-state index in [1.54, 1.807) is 24.5 Å². The Labute approximate surface area is 102 Å². The molecule has 0 radical (unpaired) electrons. The lowest BCUT2D eigenvalue weighted by Gasteiger charge is -2.06. The van der Waals surface area contributed by atoms with Gasteiger partial charge in [0.2, 0.25) is 5.88 Å². The molecule has 82 valence electrons. The average molecular weight is 280 g/mol. The molecule has 0 saturated carbocycles. The Balaban J connectivity index is 2.24. The van der Waals surface area contributed by atoms with Gasteiger partial charge in [-0.1, -0.05) is 0 Å². The van der Waals surface area contributed by atoms with Crippen LogP contribution in [0.5, 0.6) is 11.6 Å². The molecule has 0 amide bonds. The second-order valence-electron chi connectivity index (χ2n) is 3.27. The van der Waals surface area contributed by atoms with Gasteiger partial charge in [-0.3, -0.25) is 4.98 Å². The van der Waals surface area contributed by atoms with Gasteiger partial charge in [-0.15, -0.1) is 0 Å². The fourth-order valence-corrected chi connectivity index (χ4v) is 1.52. The van der Waals surface area contributed by atoms with Crippen molar-refractivity contribution in [2.24, 2.45) is 0 Å². The van der Waals surface area contributed by atoms with E-state index in [0.29, 0.717) is 17.3 Å². The first-order valence-corrected chi connectivity index (χ1v) is 5.46. The fourth-order valence-electron chi connectivity index (χ4n) is 1.17. The quantitative estimate of drug-likeness (QED) is 0.918. The summed E-state index contributed by atoms with van der Waals surface area (Å²) in [4.78, 5) is 8.20. The molecule has 2 aromatic heterocycles. The second kappa shape index (κ2) is 4.49. The summed E-state index contributed by atoms with van der Waals surface area (Å²) in [6, 6.07) is 5.31. The molecule has 0 aliphatic carbocycles. The van der Waals surface area contributed by atoms with Crippen molar-refractivity contribution < 1.29 is 4.74 Å². The molecular weight excluding hydrogens is 270 g/mol. The second-order valence-corrected chi connectivity index (χ2v) is 4.18. The molecule has 0 saturated heterocycles. The van der Waals surface area contributed by atoms with Crippen LogP contribution in [0.15, 0.2) is 35.1 Å². The molecule has 0 aliphatic heterocycles. The van der Waals surface area contributed by atoms with E-state index in [1.165, 1.54) is 0 Å². The first kappa shape index (κ1) is 10.9. The first-order valence-electron chi connectivity index (χ1n) is 4.66. The predicted octanol–water partition coefficient (Wildman–Crippen LogP) is 2.92. The molecular formula is C11H10BrN3O. The Hall–Kier alpha value is -1.62. The van der Waals surface area contributed by atoms with Crippen LogP contribution in [0.25, 0.3) is 0 Å². The average Bonchev–Trinajstić information content (AvgIpc) is 2.24. The van der Waals surface area contributed by atoms with Crippen LogP contribution in [-0.2, 0) is 0 Å². The normalized spacial score (nSPS) is 10.1. The van der Waals surface area contributed by atoms with Gasteiger partial charge in [-0.2, -0.15) is 0 Å². The van der Waals surface area contributed by atoms with Crippen molar-refractivity contribution in [1.29, 1.82) is 0 Å². The van der Waals surface area contributed by atoms with Crippen LogP contribution in [0, 0.1) is 6.92 Å². The highest BCUT2D eigenvalue weighted by Gasteiger charge is 2.02. The Morgan fingerprint density at radius 3 is 2.81 bits per heavy atom. The van der Waals surface area contributed by atoms with Crippen molar-refractivity contribution in [3.63, 3.8) is 0 Å². The zero-order valence-electron chi connectivity index (χ0n) is 8.64. The third kappa shape index (κ3) is 2.49. The maximum absolute atomic E-state index is 5.67. The molecule has 0 aromatic carbocycles. The molecule has 5 heteroatoms. The minimum Gasteiger partial charge on any atom is -0.437 e. The zero-order valence-corrected chi connectivity index (χ0v) is 10.2. The monoisotopic (exact) mass is 279 g/mol. The van der Waals surface area contributed by atoms with Gasteiger partial charge in [0.15, 0.2) is 0 Å². The molecule has 0 unspecified atom stereocenters. The number of halogens is 1. The van der Waals surface area contributed by atoms with Crippen LogP contribution in [0.3, 0.4) is 0 Å². The van der Waals surface area contributed by atoms with Gasteiger partial charge in [0.05, 0.1) is 17.6 Å². The van der Waals surface area contributed by atoms with E-state index < -0.39 is 0 Å². The van der Waals surface area contributed by atoms with Crippen LogP contribution in [0.2, 0.25) is 0 Å². The molecule has 2 rings (SSSR count). The Kier molecular flexibility index (Phi) is 3.05. The highest BCUT2D eigenvalue weighted by atomic mass is 79.9. The molecule has 0 aliphatic rings. The molecule has 0 bridgehead atoms. The predicted molar refractivity (Wildman–Crippen MR) is 65.4 cm³/mol. The Morgan fingerprint density at radius 2 is 2.12 bits per heavy atom. The molecule has 0 atom stereocenters. The van der Waals surface area contributed by atoms with Crippen molar-refractivity contribution in [2.75, 3.05) is 5.73 Å². The van der Waals surface area contributed by atoms with E-state index in [2.05, 4.69) is 25.9 Å². The van der Waals surface area contributed by atoms with E-state index in [1.807, 2.05) is 13.0 Å². The van der Waals surface area contributed by atoms with Crippen LogP contribution < -0.4 is 10.5 Å². The lowest BCUT2D eigenvalue weighted by atomic mass is 10.3. The number of hydrogen-bond acceptors (Lipinski definition) is 4. The highest BCUT2D eigenvalue weighted by molar-refractivity contribution is 9.10. The maximum atomic E-state index is 5.67. The van der Waals surface area contributed by atoms with Gasteiger partial charge in [0.25, 0.3) is 0 Å². The summed E-state index contributed by atoms with van der Waals surface area (Å²) in [6.45, 7) is 1.83. The molecule has 16 heavy (non-hydrogen) atoms. The van der Waals surface area contributed by atoms with E-state index in [4.69, 9.17) is 10.5 Å². The smallest absolute Gasteiger partial charge is 0.219 e. The highest BCUT2D eigenvalue weighted by Crippen LogP contribution is 2.23. The molecule has 4 nitrogen and oxygen atoms in total. The summed E-state index contributed by atoms with van der Waals surface area (Å²) in [5, 5.41) is 0. The number of nitrogens with zero attached hydrogens (tertiary/aromatic N) is 2. The number of anilines is 1. The van der Waals surface area contributed by atoms with Gasteiger partial charge in [-0.05, 0) is 35.0 Å². The molecule has 0 spiro atoms. The van der Waals surface area contributed by atoms with E-state index in [-0.39, 0.29) is 0 Å². The Bertz CT molecular complexity index is 516. The van der Waals surface area contributed by atoms with Gasteiger partial charge >= 0.3 is 0 Å². The van der Waals surface area contributed by atoms with Crippen molar-refractivity contribution in [3.05, 3.63) is 40.8 Å². The SMILES string of the molecule is Cc1nc(Oc2cncc(Br)c2)ccc1N. The topological polar surface area (TPSA) is 61.0 Å². The summed E-state index contributed by atoms with van der Waals surface area (Å²) in [6.07, 6.45) is 3.31. The number of ether oxygens (including phenoxy) is 1. The Morgan fingerprint density at radius 1 is 1.31 bits per heavy atom. The number of hydrogen-bond donors (Lipinski definition) is 1. The minimum atomic E-state index is 0.506. The largest absolute Gasteiger partial charge is 0.437 e. The number of pyridine rings is 2. The summed E-state index contributed by atoms with van der Waals surface area (Å²) >= 11 is 3.32. The zero-order chi connectivity index (χ0) is 11.5. The minimum absolute atomic E-state index is 0.506. The van der Waals surface area contributed by atoms with Gasteiger partial charge in [-0.25, -0.2) is 4.98 Å². The summed E-state index contributed by atoms with van der Waals surface area (Å²) < 4.78 is 6.39. The van der Waals surface area contributed by atoms with Crippen LogP contribution in [-0.4, -0.2) is 9.97 Å². The number of nitrogens with two attached hydrogens (primary N) is 1. The lowest BCUT2D eigenvalue weighted by molar-refractivity contribution is 0.459. The standard InChI is InChI=1S/C11H10BrN3O/c1-7-10(13)2-3-11(15-7)16-9-4-8(12)5-14-6-9/h2-6H,13H2,1H3. The number of rotatable bonds is 2. The van der Waals surface area contributed by atoms with Crippen molar-refractivity contribution >= 4 is 21.6 Å². The number of aromatic nitrogens is 2. The maximum Gasteiger partial charge on any atom is 0.219 e. The molecule has 2 heterocycles. The van der Waals surface area contributed by atoms with Crippen LogP contribution in [0.4, 0.5) is 5.69 Å². The fraction of sp³-hybridized carbons (Fsp3) is 0.0909. The summed E-state index contributed by atoms with van der Waals surface area (Å²) in [7, 11) is 0. The van der Waals surface area contributed by atoms with Crippen molar-refractivity contribution in [1.82, 2.24) is 9.97 Å². The van der Waals surface area contributed by atoms with Gasteiger partial charge in [0.1, 0.15) is 5.75 Å². The molecule has 0 fully saturated rings. The third-order valence-electron chi connectivity index (χ3n) is 2.00. The van der Waals surface area contributed by atoms with E-state index in [9.17, 15) is 0 Å². The molecule has 2 aromatic rings. The lowest BCUT2D eigenvalue weighted by Crippen LogP contribution is -1.95. The van der Waals surface area contributed by atoms with Gasteiger partial charge < -0.3 is 10.5 Å². The van der Waals surface area contributed by atoms with Crippen LogP contribution >= 0.6 is 15.9 Å². The number of nitrogen functional groups attached to an aromatic ring is 1.